The molecule has 16 heavy (non-hydrogen) atoms. The van der Waals surface area contributed by atoms with Crippen molar-refractivity contribution in [3.05, 3.63) is 28.8 Å². The Balaban J connectivity index is 3.00. The van der Waals surface area contributed by atoms with Gasteiger partial charge in [0.25, 0.3) is 10.1 Å². The van der Waals surface area contributed by atoms with Gasteiger partial charge in [0.05, 0.1) is 10.8 Å². The number of aromatic hydroxyl groups is 1. The maximum atomic E-state index is 10.7. The van der Waals surface area contributed by atoms with Gasteiger partial charge >= 0.3 is 0 Å². The Hall–Kier alpha value is -0.820. The average Bonchev–Trinajstić information content (AvgIpc) is 2.17. The van der Waals surface area contributed by atoms with Crippen molar-refractivity contribution >= 4 is 21.7 Å². The summed E-state index contributed by atoms with van der Waals surface area (Å²) in [7, 11) is -4.10. The molecule has 0 amide bonds. The van der Waals surface area contributed by atoms with Gasteiger partial charge in [-0.3, -0.25) is 4.55 Å². The van der Waals surface area contributed by atoms with Crippen LogP contribution in [0.25, 0.3) is 0 Å². The fraction of sp³-hybridized carbons (Fsp3) is 0.333. The summed E-state index contributed by atoms with van der Waals surface area (Å²) in [6, 6.07) is 4.34. The van der Waals surface area contributed by atoms with Gasteiger partial charge in [-0.2, -0.15) is 8.42 Å². The molecule has 7 heteroatoms. The lowest BCUT2D eigenvalue weighted by Gasteiger charge is -2.13. The number of hydrogen-bond donors (Lipinski definition) is 3. The molecule has 4 N–H and O–H groups in total. The molecule has 0 aromatic heterocycles. The first-order valence-electron chi connectivity index (χ1n) is 4.47. The van der Waals surface area contributed by atoms with Gasteiger partial charge in [-0.05, 0) is 17.7 Å². The Labute approximate surface area is 98.6 Å². The lowest BCUT2D eigenvalue weighted by atomic mass is 10.0. The van der Waals surface area contributed by atoms with Crippen molar-refractivity contribution in [1.29, 1.82) is 0 Å². The first kappa shape index (κ1) is 13.2. The van der Waals surface area contributed by atoms with E-state index in [9.17, 15) is 13.5 Å². The quantitative estimate of drug-likeness (QED) is 0.705. The summed E-state index contributed by atoms with van der Waals surface area (Å²) in [4.78, 5) is 0. The summed E-state index contributed by atoms with van der Waals surface area (Å²) in [5.41, 5.74) is 5.93. The zero-order valence-corrected chi connectivity index (χ0v) is 9.87. The molecule has 0 bridgehead atoms. The van der Waals surface area contributed by atoms with Crippen molar-refractivity contribution in [3.8, 4) is 5.75 Å². The molecule has 0 radical (unpaired) electrons. The van der Waals surface area contributed by atoms with Crippen LogP contribution in [0.4, 0.5) is 0 Å². The molecule has 0 spiro atoms. The molecular formula is C9H12ClNO4S. The molecule has 0 fully saturated rings. The summed E-state index contributed by atoms with van der Waals surface area (Å²) in [5, 5.41) is 9.53. The number of phenolic OH excluding ortho intramolecular Hbond substituents is 1. The molecule has 0 aliphatic heterocycles. The second-order valence-electron chi connectivity index (χ2n) is 3.39. The third kappa shape index (κ3) is 3.64. The lowest BCUT2D eigenvalue weighted by molar-refractivity contribution is 0.470. The molecule has 1 aromatic carbocycles. The standard InChI is InChI=1S/C9H12ClNO4S/c10-8-2-1-6(3-9(8)12)7(4-11)5-16(13,14)15/h1-3,7,12H,4-5,11H2,(H,13,14,15)/t7-/m0/s1. The van der Waals surface area contributed by atoms with Crippen LogP contribution in [-0.4, -0.2) is 30.4 Å². The molecule has 0 unspecified atom stereocenters. The first-order chi connectivity index (χ1) is 7.33. The molecule has 0 heterocycles. The van der Waals surface area contributed by atoms with Crippen molar-refractivity contribution in [1.82, 2.24) is 0 Å². The maximum Gasteiger partial charge on any atom is 0.265 e. The van der Waals surface area contributed by atoms with E-state index in [0.29, 0.717) is 5.56 Å². The molecule has 1 rings (SSSR count). The Morgan fingerprint density at radius 2 is 2.06 bits per heavy atom. The van der Waals surface area contributed by atoms with Gasteiger partial charge in [0.2, 0.25) is 0 Å². The molecular weight excluding hydrogens is 254 g/mol. The van der Waals surface area contributed by atoms with Gasteiger partial charge in [-0.1, -0.05) is 17.7 Å². The highest BCUT2D eigenvalue weighted by Crippen LogP contribution is 2.27. The van der Waals surface area contributed by atoms with Crippen molar-refractivity contribution < 1.29 is 18.1 Å². The SMILES string of the molecule is NC[C@@H](CS(=O)(=O)O)c1ccc(Cl)c(O)c1. The van der Waals surface area contributed by atoms with E-state index >= 15 is 0 Å². The summed E-state index contributed by atoms with van der Waals surface area (Å²) < 4.78 is 30.2. The van der Waals surface area contributed by atoms with E-state index in [1.807, 2.05) is 0 Å². The van der Waals surface area contributed by atoms with Crippen molar-refractivity contribution in [2.75, 3.05) is 12.3 Å². The predicted octanol–water partition coefficient (Wildman–Crippen LogP) is 0.976. The molecule has 0 aliphatic carbocycles. The Morgan fingerprint density at radius 3 is 2.50 bits per heavy atom. The average molecular weight is 266 g/mol. The van der Waals surface area contributed by atoms with Crippen molar-refractivity contribution in [2.45, 2.75) is 5.92 Å². The van der Waals surface area contributed by atoms with Crippen LogP contribution < -0.4 is 5.73 Å². The first-order valence-corrected chi connectivity index (χ1v) is 6.46. The van der Waals surface area contributed by atoms with Crippen LogP contribution in [-0.2, 0) is 10.1 Å². The van der Waals surface area contributed by atoms with Crippen molar-refractivity contribution in [3.63, 3.8) is 0 Å². The number of rotatable bonds is 4. The third-order valence-electron chi connectivity index (χ3n) is 2.14. The molecule has 1 aromatic rings. The van der Waals surface area contributed by atoms with E-state index in [4.69, 9.17) is 21.9 Å². The van der Waals surface area contributed by atoms with Crippen LogP contribution in [0.3, 0.4) is 0 Å². The lowest BCUT2D eigenvalue weighted by Crippen LogP contribution is -2.21. The van der Waals surface area contributed by atoms with Gasteiger partial charge in [0.15, 0.2) is 0 Å². The van der Waals surface area contributed by atoms with Gasteiger partial charge in [-0.15, -0.1) is 0 Å². The summed E-state index contributed by atoms with van der Waals surface area (Å²) in [6.07, 6.45) is 0. The Bertz CT molecular complexity index is 474. The topological polar surface area (TPSA) is 101 Å². The monoisotopic (exact) mass is 265 g/mol. The molecule has 5 nitrogen and oxygen atoms in total. The maximum absolute atomic E-state index is 10.7. The number of phenols is 1. The van der Waals surface area contributed by atoms with Crippen LogP contribution in [0.1, 0.15) is 11.5 Å². The van der Waals surface area contributed by atoms with Gasteiger partial charge < -0.3 is 10.8 Å². The third-order valence-corrected chi connectivity index (χ3v) is 3.28. The van der Waals surface area contributed by atoms with E-state index in [1.165, 1.54) is 12.1 Å². The molecule has 90 valence electrons. The second kappa shape index (κ2) is 5.01. The minimum atomic E-state index is -4.10. The zero-order valence-electron chi connectivity index (χ0n) is 8.30. The summed E-state index contributed by atoms with van der Waals surface area (Å²) >= 11 is 5.61. The van der Waals surface area contributed by atoms with E-state index in [-0.39, 0.29) is 17.3 Å². The van der Waals surface area contributed by atoms with Crippen molar-refractivity contribution in [2.24, 2.45) is 5.73 Å². The smallest absolute Gasteiger partial charge is 0.265 e. The molecule has 0 aliphatic rings. The highest BCUT2D eigenvalue weighted by atomic mass is 35.5. The number of halogens is 1. The molecule has 1 atom stereocenters. The van der Waals surface area contributed by atoms with Crippen LogP contribution >= 0.6 is 11.6 Å². The number of nitrogens with two attached hydrogens (primary N) is 1. The van der Waals surface area contributed by atoms with Gasteiger partial charge in [0, 0.05) is 12.5 Å². The van der Waals surface area contributed by atoms with E-state index in [2.05, 4.69) is 0 Å². The Kier molecular flexibility index (Phi) is 4.15. The number of hydrogen-bond acceptors (Lipinski definition) is 4. The zero-order chi connectivity index (χ0) is 12.3. The summed E-state index contributed by atoms with van der Waals surface area (Å²) in [5.74, 6) is -1.20. The van der Waals surface area contributed by atoms with Crippen LogP contribution in [0, 0.1) is 0 Å². The van der Waals surface area contributed by atoms with Crippen LogP contribution in [0.15, 0.2) is 18.2 Å². The highest BCUT2D eigenvalue weighted by Gasteiger charge is 2.18. The van der Waals surface area contributed by atoms with E-state index in [0.717, 1.165) is 0 Å². The molecule has 0 saturated heterocycles. The number of benzene rings is 1. The highest BCUT2D eigenvalue weighted by molar-refractivity contribution is 7.85. The van der Waals surface area contributed by atoms with Crippen LogP contribution in [0.2, 0.25) is 5.02 Å². The van der Waals surface area contributed by atoms with E-state index < -0.39 is 21.8 Å². The van der Waals surface area contributed by atoms with Gasteiger partial charge in [0.1, 0.15) is 5.75 Å². The minimum Gasteiger partial charge on any atom is -0.506 e. The predicted molar refractivity (Wildman–Crippen MR) is 61.3 cm³/mol. The summed E-state index contributed by atoms with van der Waals surface area (Å²) in [6.45, 7) is 0.0425. The van der Waals surface area contributed by atoms with Gasteiger partial charge in [-0.25, -0.2) is 0 Å². The largest absolute Gasteiger partial charge is 0.506 e. The van der Waals surface area contributed by atoms with Crippen LogP contribution in [0.5, 0.6) is 5.75 Å². The minimum absolute atomic E-state index is 0.0425. The Morgan fingerprint density at radius 1 is 1.44 bits per heavy atom. The fourth-order valence-electron chi connectivity index (χ4n) is 1.34. The molecule has 0 saturated carbocycles. The normalized spacial score (nSPS) is 13.7. The fourth-order valence-corrected chi connectivity index (χ4v) is 2.29. The second-order valence-corrected chi connectivity index (χ2v) is 5.30. The van der Waals surface area contributed by atoms with E-state index in [1.54, 1.807) is 6.07 Å².